The van der Waals surface area contributed by atoms with Crippen molar-refractivity contribution in [2.45, 2.75) is 51.5 Å². The minimum absolute atomic E-state index is 0.178. The highest BCUT2D eigenvalue weighted by atomic mass is 16.8. The van der Waals surface area contributed by atoms with E-state index in [0.29, 0.717) is 0 Å². The first-order chi connectivity index (χ1) is 13.2. The Labute approximate surface area is 159 Å². The molecule has 4 atom stereocenters. The van der Waals surface area contributed by atoms with Crippen molar-refractivity contribution < 1.29 is 42.9 Å². The fraction of sp³-hybridized carbons (Fsp3) is 0.471. The number of rotatable bonds is 3. The van der Waals surface area contributed by atoms with Gasteiger partial charge in [0.25, 0.3) is 11.7 Å². The number of aromatic nitrogens is 1. The van der Waals surface area contributed by atoms with Crippen molar-refractivity contribution in [1.82, 2.24) is 4.98 Å². The van der Waals surface area contributed by atoms with Crippen molar-refractivity contribution in [2.24, 2.45) is 0 Å². The molecular weight excluding hydrogens is 376 g/mol. The number of hydrogen-bond donors (Lipinski definition) is 1. The van der Waals surface area contributed by atoms with Gasteiger partial charge in [0.2, 0.25) is 12.4 Å². The first-order valence-electron chi connectivity index (χ1n) is 8.35. The number of nitrogens with zero attached hydrogens (tertiary/aromatic N) is 1. The van der Waals surface area contributed by atoms with Crippen molar-refractivity contribution in [3.8, 4) is 5.75 Å². The summed E-state index contributed by atoms with van der Waals surface area (Å²) in [6, 6.07) is 3.13. The monoisotopic (exact) mass is 394 g/mol. The largest absolute Gasteiger partial charge is 0.458 e. The fourth-order valence-corrected chi connectivity index (χ4v) is 2.96. The molecule has 1 spiro atoms. The van der Waals surface area contributed by atoms with Crippen molar-refractivity contribution in [3.05, 3.63) is 18.3 Å². The molecule has 1 N–H and O–H groups in total. The van der Waals surface area contributed by atoms with Crippen LogP contribution in [0.15, 0.2) is 18.3 Å². The van der Waals surface area contributed by atoms with Crippen LogP contribution in [0.25, 0.3) is 0 Å². The third kappa shape index (κ3) is 3.88. The molecule has 0 radical (unpaired) electrons. The summed E-state index contributed by atoms with van der Waals surface area (Å²) in [4.78, 5) is 51.3. The van der Waals surface area contributed by atoms with E-state index in [9.17, 15) is 19.2 Å². The highest BCUT2D eigenvalue weighted by Crippen LogP contribution is 2.40. The van der Waals surface area contributed by atoms with Gasteiger partial charge in [0.15, 0.2) is 17.7 Å². The lowest BCUT2D eigenvalue weighted by Gasteiger charge is -2.46. The van der Waals surface area contributed by atoms with Gasteiger partial charge < -0.3 is 24.3 Å². The van der Waals surface area contributed by atoms with Crippen LogP contribution in [-0.4, -0.2) is 53.1 Å². The van der Waals surface area contributed by atoms with Crippen LogP contribution >= 0.6 is 0 Å². The Bertz CT molecular complexity index is 799. The highest BCUT2D eigenvalue weighted by Gasteiger charge is 2.59. The number of ether oxygens (including phenoxy) is 5. The van der Waals surface area contributed by atoms with Crippen LogP contribution in [0.1, 0.15) is 27.2 Å². The second kappa shape index (κ2) is 7.43. The SMILES string of the molecule is CC(=O)O[C@@H]1O[C@@]2(C[C@@H](OC(C)=O)[C@H]1OC(C)=O)Oc1cccnc1NC2=O. The predicted octanol–water partition coefficient (Wildman–Crippen LogP) is 0.282. The minimum Gasteiger partial charge on any atom is -0.458 e. The van der Waals surface area contributed by atoms with E-state index in [4.69, 9.17) is 23.7 Å². The normalized spacial score (nSPS) is 28.4. The molecule has 11 nitrogen and oxygen atoms in total. The first-order valence-corrected chi connectivity index (χ1v) is 8.35. The number of anilines is 1. The maximum Gasteiger partial charge on any atom is 0.305 e. The average molecular weight is 394 g/mol. The molecule has 0 unspecified atom stereocenters. The number of esters is 3. The third-order valence-corrected chi connectivity index (χ3v) is 3.94. The first kappa shape index (κ1) is 19.5. The van der Waals surface area contributed by atoms with Gasteiger partial charge in [-0.15, -0.1) is 0 Å². The van der Waals surface area contributed by atoms with Gasteiger partial charge in [0.1, 0.15) is 0 Å². The number of hydrogen-bond acceptors (Lipinski definition) is 10. The predicted molar refractivity (Wildman–Crippen MR) is 88.6 cm³/mol. The molecule has 150 valence electrons. The van der Waals surface area contributed by atoms with Gasteiger partial charge >= 0.3 is 17.9 Å². The smallest absolute Gasteiger partial charge is 0.305 e. The Kier molecular flexibility index (Phi) is 5.18. The zero-order chi connectivity index (χ0) is 20.5. The molecule has 3 heterocycles. The summed E-state index contributed by atoms with van der Waals surface area (Å²) in [5, 5.41) is 2.54. The second-order valence-electron chi connectivity index (χ2n) is 6.18. The summed E-state index contributed by atoms with van der Waals surface area (Å²) < 4.78 is 26.8. The van der Waals surface area contributed by atoms with Crippen LogP contribution < -0.4 is 10.1 Å². The number of carbonyl (C=O) groups excluding carboxylic acids is 4. The van der Waals surface area contributed by atoms with Crippen molar-refractivity contribution >= 4 is 29.6 Å². The fourth-order valence-electron chi connectivity index (χ4n) is 2.96. The minimum atomic E-state index is -1.99. The third-order valence-electron chi connectivity index (χ3n) is 3.94. The maximum absolute atomic E-state index is 12.7. The average Bonchev–Trinajstić information content (AvgIpc) is 2.58. The zero-order valence-corrected chi connectivity index (χ0v) is 15.3. The molecule has 11 heteroatoms. The lowest BCUT2D eigenvalue weighted by Crippen LogP contribution is -2.65. The summed E-state index contributed by atoms with van der Waals surface area (Å²) >= 11 is 0. The summed E-state index contributed by atoms with van der Waals surface area (Å²) in [5.74, 6) is -4.53. The van der Waals surface area contributed by atoms with E-state index in [1.807, 2.05) is 0 Å². The summed E-state index contributed by atoms with van der Waals surface area (Å²) in [6.45, 7) is 3.39. The Balaban J connectivity index is 1.99. The number of pyridine rings is 1. The standard InChI is InChI=1S/C17H18N2O9/c1-8(20)24-12-7-17(16(23)19-14-11(27-17)5-4-6-18-14)28-15(26-10(3)22)13(12)25-9(2)21/h4-6,12-13,15H,7H2,1-3H3,(H,18,19,23)/t12-,13-,15-,17-/m1/s1. The van der Waals surface area contributed by atoms with E-state index in [0.717, 1.165) is 20.8 Å². The molecule has 3 rings (SSSR count). The van der Waals surface area contributed by atoms with Crippen LogP contribution in [0.4, 0.5) is 5.82 Å². The number of amides is 1. The van der Waals surface area contributed by atoms with Gasteiger partial charge in [0.05, 0.1) is 6.42 Å². The van der Waals surface area contributed by atoms with Gasteiger partial charge in [-0.1, -0.05) is 0 Å². The van der Waals surface area contributed by atoms with E-state index in [-0.39, 0.29) is 18.0 Å². The van der Waals surface area contributed by atoms with E-state index < -0.39 is 48.1 Å². The zero-order valence-electron chi connectivity index (χ0n) is 15.3. The molecular formula is C17H18N2O9. The van der Waals surface area contributed by atoms with Gasteiger partial charge in [-0.2, -0.15) is 0 Å². The molecule has 28 heavy (non-hydrogen) atoms. The van der Waals surface area contributed by atoms with Crippen molar-refractivity contribution in [3.63, 3.8) is 0 Å². The number of carbonyl (C=O) groups is 4. The molecule has 0 aromatic carbocycles. The molecule has 1 saturated heterocycles. The second-order valence-corrected chi connectivity index (χ2v) is 6.18. The molecule has 0 bridgehead atoms. The van der Waals surface area contributed by atoms with Gasteiger partial charge in [-0.3, -0.25) is 23.9 Å². The molecule has 1 aromatic rings. The van der Waals surface area contributed by atoms with Gasteiger partial charge in [-0.25, -0.2) is 4.98 Å². The van der Waals surface area contributed by atoms with Crippen LogP contribution in [0, 0.1) is 0 Å². The Morgan fingerprint density at radius 2 is 1.82 bits per heavy atom. The van der Waals surface area contributed by atoms with Crippen molar-refractivity contribution in [1.29, 1.82) is 0 Å². The molecule has 1 amide bonds. The van der Waals surface area contributed by atoms with Crippen molar-refractivity contribution in [2.75, 3.05) is 5.32 Å². The molecule has 2 aliphatic rings. The highest BCUT2D eigenvalue weighted by molar-refractivity contribution is 5.99. The topological polar surface area (TPSA) is 139 Å². The summed E-state index contributed by atoms with van der Waals surface area (Å²) in [7, 11) is 0. The molecule has 1 aromatic heterocycles. The van der Waals surface area contributed by atoms with E-state index in [2.05, 4.69) is 10.3 Å². The molecule has 0 aliphatic carbocycles. The molecule has 1 fully saturated rings. The van der Waals surface area contributed by atoms with E-state index >= 15 is 0 Å². The van der Waals surface area contributed by atoms with E-state index in [1.54, 1.807) is 12.1 Å². The van der Waals surface area contributed by atoms with E-state index in [1.165, 1.54) is 6.20 Å². The molecule has 2 aliphatic heterocycles. The van der Waals surface area contributed by atoms with Crippen LogP contribution in [0.2, 0.25) is 0 Å². The Hall–Kier alpha value is -3.21. The maximum atomic E-state index is 12.7. The summed E-state index contributed by atoms with van der Waals surface area (Å²) in [6.07, 6.45) is -2.88. The number of nitrogens with one attached hydrogen (secondary N) is 1. The Morgan fingerprint density at radius 3 is 2.46 bits per heavy atom. The number of fused-ring (bicyclic) bond motifs is 1. The van der Waals surface area contributed by atoms with Gasteiger partial charge in [0, 0.05) is 27.0 Å². The van der Waals surface area contributed by atoms with Crippen LogP contribution in [0.5, 0.6) is 5.75 Å². The van der Waals surface area contributed by atoms with Gasteiger partial charge in [-0.05, 0) is 12.1 Å². The van der Waals surface area contributed by atoms with Crippen LogP contribution in [-0.2, 0) is 38.1 Å². The van der Waals surface area contributed by atoms with Crippen LogP contribution in [0.3, 0.4) is 0 Å². The quantitative estimate of drug-likeness (QED) is 0.561. The lowest BCUT2D eigenvalue weighted by atomic mass is 9.97. The Morgan fingerprint density at radius 1 is 1.14 bits per heavy atom. The molecule has 0 saturated carbocycles. The summed E-state index contributed by atoms with van der Waals surface area (Å²) in [5.41, 5.74) is 0. The lowest BCUT2D eigenvalue weighted by molar-refractivity contribution is -0.327.